The first-order valence-electron chi connectivity index (χ1n) is 12.4. The summed E-state index contributed by atoms with van der Waals surface area (Å²) >= 11 is 0. The smallest absolute Gasteiger partial charge is 0.254 e. The van der Waals surface area contributed by atoms with E-state index in [4.69, 9.17) is 4.74 Å². The first-order valence-corrected chi connectivity index (χ1v) is 12.4. The number of carbonyl (C=O) groups excluding carboxylic acids is 2. The summed E-state index contributed by atoms with van der Waals surface area (Å²) in [7, 11) is 3.63. The van der Waals surface area contributed by atoms with Crippen LogP contribution >= 0.6 is 0 Å². The second kappa shape index (κ2) is 11.5. The van der Waals surface area contributed by atoms with Crippen molar-refractivity contribution in [3.05, 3.63) is 64.7 Å². The Labute approximate surface area is 205 Å². The number of likely N-dealkylation sites (tertiary alicyclic amines) is 1. The SMILES string of the molecule is COc1cccc(C[C@H](C2CCN(C(=O)c3cc(C)ccc3C)CC2)N(C)C(=O)CC(C)C)c1. The highest BCUT2D eigenvalue weighted by Crippen LogP contribution is 2.29. The molecule has 0 saturated carbocycles. The van der Waals surface area contributed by atoms with E-state index in [1.807, 2.05) is 61.0 Å². The van der Waals surface area contributed by atoms with Crippen LogP contribution in [0.4, 0.5) is 0 Å². The zero-order valence-corrected chi connectivity index (χ0v) is 21.6. The second-order valence-electron chi connectivity index (χ2n) is 10.2. The molecule has 34 heavy (non-hydrogen) atoms. The maximum Gasteiger partial charge on any atom is 0.254 e. The largest absolute Gasteiger partial charge is 0.497 e. The minimum atomic E-state index is 0.0938. The molecule has 3 rings (SSSR count). The van der Waals surface area contributed by atoms with E-state index in [-0.39, 0.29) is 17.9 Å². The van der Waals surface area contributed by atoms with Gasteiger partial charge in [-0.25, -0.2) is 0 Å². The molecule has 1 heterocycles. The number of ether oxygens (including phenoxy) is 1. The summed E-state index contributed by atoms with van der Waals surface area (Å²) < 4.78 is 5.42. The Hall–Kier alpha value is -2.82. The first-order chi connectivity index (χ1) is 16.2. The summed E-state index contributed by atoms with van der Waals surface area (Å²) in [5, 5.41) is 0. The summed E-state index contributed by atoms with van der Waals surface area (Å²) in [5.41, 5.74) is 4.10. The number of rotatable bonds is 8. The molecule has 0 aromatic heterocycles. The number of amides is 2. The number of nitrogens with zero attached hydrogens (tertiary/aromatic N) is 2. The number of methoxy groups -OCH3 is 1. The standard InChI is InChI=1S/C29H40N2O3/c1-20(2)16-28(32)30(5)27(19-23-8-7-9-25(18-23)34-6)24-12-14-31(15-13-24)29(33)26-17-21(3)10-11-22(26)4/h7-11,17-18,20,24,27H,12-16,19H2,1-6H3/t27-/m1/s1. The summed E-state index contributed by atoms with van der Waals surface area (Å²) in [4.78, 5) is 30.2. The van der Waals surface area contributed by atoms with Crippen LogP contribution in [-0.4, -0.2) is 54.9 Å². The van der Waals surface area contributed by atoms with Gasteiger partial charge in [0, 0.05) is 38.2 Å². The first kappa shape index (κ1) is 25.8. The molecule has 1 aliphatic rings. The van der Waals surface area contributed by atoms with Crippen LogP contribution in [0, 0.1) is 25.7 Å². The lowest BCUT2D eigenvalue weighted by Crippen LogP contribution is -2.48. The predicted molar refractivity (Wildman–Crippen MR) is 137 cm³/mol. The van der Waals surface area contributed by atoms with Gasteiger partial charge >= 0.3 is 0 Å². The molecule has 1 aliphatic heterocycles. The molecule has 1 atom stereocenters. The summed E-state index contributed by atoms with van der Waals surface area (Å²) in [6.45, 7) is 9.63. The number of hydrogen-bond acceptors (Lipinski definition) is 3. The molecule has 5 nitrogen and oxygen atoms in total. The van der Waals surface area contributed by atoms with Gasteiger partial charge in [-0.3, -0.25) is 9.59 Å². The molecule has 2 aromatic carbocycles. The third-order valence-corrected chi connectivity index (χ3v) is 7.05. The Morgan fingerprint density at radius 1 is 1.09 bits per heavy atom. The van der Waals surface area contributed by atoms with E-state index in [9.17, 15) is 9.59 Å². The Kier molecular flexibility index (Phi) is 8.76. The van der Waals surface area contributed by atoms with Gasteiger partial charge in [-0.15, -0.1) is 0 Å². The Bertz CT molecular complexity index is 993. The molecular weight excluding hydrogens is 424 g/mol. The second-order valence-corrected chi connectivity index (χ2v) is 10.2. The highest BCUT2D eigenvalue weighted by atomic mass is 16.5. The monoisotopic (exact) mass is 464 g/mol. The number of piperidine rings is 1. The molecule has 0 N–H and O–H groups in total. The van der Waals surface area contributed by atoms with Gasteiger partial charge in [0.1, 0.15) is 5.75 Å². The molecule has 1 fully saturated rings. The van der Waals surface area contributed by atoms with Gasteiger partial charge in [0.2, 0.25) is 5.91 Å². The van der Waals surface area contributed by atoms with E-state index < -0.39 is 0 Å². The quantitative estimate of drug-likeness (QED) is 0.534. The molecule has 0 spiro atoms. The third-order valence-electron chi connectivity index (χ3n) is 7.05. The molecule has 0 bridgehead atoms. The van der Waals surface area contributed by atoms with Crippen molar-refractivity contribution in [3.63, 3.8) is 0 Å². The molecule has 1 saturated heterocycles. The van der Waals surface area contributed by atoms with Crippen molar-refractivity contribution >= 4 is 11.8 Å². The maximum atomic E-state index is 13.2. The molecule has 0 unspecified atom stereocenters. The van der Waals surface area contributed by atoms with Crippen molar-refractivity contribution in [3.8, 4) is 5.75 Å². The van der Waals surface area contributed by atoms with Gasteiger partial charge in [-0.2, -0.15) is 0 Å². The summed E-state index contributed by atoms with van der Waals surface area (Å²) in [6, 6.07) is 14.3. The zero-order valence-electron chi connectivity index (χ0n) is 21.6. The van der Waals surface area contributed by atoms with Crippen LogP contribution < -0.4 is 4.74 Å². The molecule has 184 valence electrons. The Balaban J connectivity index is 1.75. The lowest BCUT2D eigenvalue weighted by molar-refractivity contribution is -0.134. The van der Waals surface area contributed by atoms with Crippen molar-refractivity contribution in [2.45, 2.75) is 59.4 Å². The lowest BCUT2D eigenvalue weighted by Gasteiger charge is -2.40. The number of carbonyl (C=O) groups is 2. The van der Waals surface area contributed by atoms with Crippen LogP contribution in [0.15, 0.2) is 42.5 Å². The average molecular weight is 465 g/mol. The van der Waals surface area contributed by atoms with Crippen molar-refractivity contribution in [2.75, 3.05) is 27.2 Å². The number of likely N-dealkylation sites (N-methyl/N-ethyl adjacent to an activating group) is 1. The van der Waals surface area contributed by atoms with E-state index in [0.29, 0.717) is 18.3 Å². The van der Waals surface area contributed by atoms with E-state index >= 15 is 0 Å². The molecule has 0 radical (unpaired) electrons. The van der Waals surface area contributed by atoms with Crippen LogP contribution in [0.2, 0.25) is 0 Å². The fourth-order valence-corrected chi connectivity index (χ4v) is 4.96. The Morgan fingerprint density at radius 2 is 1.79 bits per heavy atom. The van der Waals surface area contributed by atoms with Gasteiger partial charge < -0.3 is 14.5 Å². The lowest BCUT2D eigenvalue weighted by atomic mass is 9.84. The minimum Gasteiger partial charge on any atom is -0.497 e. The van der Waals surface area contributed by atoms with E-state index in [1.54, 1.807) is 7.11 Å². The van der Waals surface area contributed by atoms with Gasteiger partial charge in [0.25, 0.3) is 5.91 Å². The maximum absolute atomic E-state index is 13.2. The molecular formula is C29H40N2O3. The van der Waals surface area contributed by atoms with E-state index in [0.717, 1.165) is 54.8 Å². The van der Waals surface area contributed by atoms with Crippen LogP contribution in [0.25, 0.3) is 0 Å². The number of aryl methyl sites for hydroxylation is 2. The van der Waals surface area contributed by atoms with Gasteiger partial charge in [-0.1, -0.05) is 43.7 Å². The average Bonchev–Trinajstić information content (AvgIpc) is 2.83. The van der Waals surface area contributed by atoms with Crippen LogP contribution in [0.5, 0.6) is 5.75 Å². The topological polar surface area (TPSA) is 49.9 Å². The van der Waals surface area contributed by atoms with Crippen LogP contribution in [0.1, 0.15) is 60.2 Å². The minimum absolute atomic E-state index is 0.0938. The highest BCUT2D eigenvalue weighted by molar-refractivity contribution is 5.95. The summed E-state index contributed by atoms with van der Waals surface area (Å²) in [6.07, 6.45) is 3.12. The molecule has 0 aliphatic carbocycles. The Morgan fingerprint density at radius 3 is 2.44 bits per heavy atom. The van der Waals surface area contributed by atoms with Crippen molar-refractivity contribution in [1.29, 1.82) is 0 Å². The molecule has 5 heteroatoms. The van der Waals surface area contributed by atoms with Gasteiger partial charge in [0.05, 0.1) is 7.11 Å². The third kappa shape index (κ3) is 6.40. The van der Waals surface area contributed by atoms with Crippen molar-refractivity contribution < 1.29 is 14.3 Å². The number of hydrogen-bond donors (Lipinski definition) is 0. The summed E-state index contributed by atoms with van der Waals surface area (Å²) in [5.74, 6) is 1.81. The molecule has 2 aromatic rings. The molecule has 2 amide bonds. The van der Waals surface area contributed by atoms with Gasteiger partial charge in [0.15, 0.2) is 0 Å². The van der Waals surface area contributed by atoms with Crippen molar-refractivity contribution in [1.82, 2.24) is 9.80 Å². The number of benzene rings is 2. The van der Waals surface area contributed by atoms with Crippen LogP contribution in [-0.2, 0) is 11.2 Å². The zero-order chi connectivity index (χ0) is 24.8. The van der Waals surface area contributed by atoms with Gasteiger partial charge in [-0.05, 0) is 74.3 Å². The van der Waals surface area contributed by atoms with E-state index in [1.165, 1.54) is 5.56 Å². The van der Waals surface area contributed by atoms with E-state index in [2.05, 4.69) is 26.0 Å². The fourth-order valence-electron chi connectivity index (χ4n) is 4.96. The van der Waals surface area contributed by atoms with Crippen molar-refractivity contribution in [2.24, 2.45) is 11.8 Å². The normalized spacial score (nSPS) is 15.3. The predicted octanol–water partition coefficient (Wildman–Crippen LogP) is 5.28. The highest BCUT2D eigenvalue weighted by Gasteiger charge is 2.33. The van der Waals surface area contributed by atoms with Crippen LogP contribution in [0.3, 0.4) is 0 Å². The fraction of sp³-hybridized carbons (Fsp3) is 0.517.